The second-order valence-electron chi connectivity index (χ2n) is 11.0. The fraction of sp³-hybridized carbons (Fsp3) is 0.778. The highest BCUT2D eigenvalue weighted by Crippen LogP contribution is 2.60. The molecule has 3 rings (SSSR count). The van der Waals surface area contributed by atoms with E-state index in [1.807, 2.05) is 0 Å². The average molecular weight is 435 g/mol. The second kappa shape index (κ2) is 10.8. The summed E-state index contributed by atoms with van der Waals surface area (Å²) in [4.78, 5) is 0. The number of allylic oxidation sites excluding steroid dienone is 3. The van der Waals surface area contributed by atoms with Crippen molar-refractivity contribution in [3.8, 4) is 0 Å². The Morgan fingerprint density at radius 1 is 1.13 bits per heavy atom. The molecule has 2 unspecified atom stereocenters. The molecule has 4 nitrogen and oxygen atoms in total. The minimum Gasteiger partial charge on any atom is -0.412 e. The van der Waals surface area contributed by atoms with Gasteiger partial charge in [-0.3, -0.25) is 0 Å². The minimum absolute atomic E-state index is 0. The van der Waals surface area contributed by atoms with Crippen LogP contribution in [0.4, 0.5) is 0 Å². The van der Waals surface area contributed by atoms with Crippen molar-refractivity contribution in [3.05, 3.63) is 35.5 Å². The van der Waals surface area contributed by atoms with Crippen LogP contribution in [0.3, 0.4) is 0 Å². The maximum Gasteiger partial charge on any atom is 0.0811 e. The molecule has 0 aromatic heterocycles. The molecule has 4 heteroatoms. The fourth-order valence-corrected chi connectivity index (χ4v) is 6.65. The molecule has 5 N–H and O–H groups in total. The van der Waals surface area contributed by atoms with Crippen molar-refractivity contribution in [2.24, 2.45) is 29.1 Å². The van der Waals surface area contributed by atoms with E-state index in [0.717, 1.165) is 36.3 Å². The molecule has 178 valence electrons. The molecule has 0 heterocycles. The summed E-state index contributed by atoms with van der Waals surface area (Å²) in [5.74, 6) is 2.35. The van der Waals surface area contributed by atoms with E-state index < -0.39 is 12.2 Å². The van der Waals surface area contributed by atoms with E-state index in [1.54, 1.807) is 5.57 Å². The van der Waals surface area contributed by atoms with Crippen LogP contribution in [0.2, 0.25) is 0 Å². The largest absolute Gasteiger partial charge is 0.412 e. The van der Waals surface area contributed by atoms with E-state index in [4.69, 9.17) is 0 Å². The summed E-state index contributed by atoms with van der Waals surface area (Å²) in [7, 11) is 0. The van der Waals surface area contributed by atoms with Crippen LogP contribution in [0.5, 0.6) is 0 Å². The Morgan fingerprint density at radius 3 is 2.52 bits per heavy atom. The fourth-order valence-electron chi connectivity index (χ4n) is 6.65. The monoisotopic (exact) mass is 434 g/mol. The topological polar surface area (TPSA) is 92.2 Å². The van der Waals surface area contributed by atoms with Gasteiger partial charge in [-0.1, -0.05) is 52.0 Å². The molecule has 0 bridgehead atoms. The van der Waals surface area contributed by atoms with Crippen molar-refractivity contribution >= 4 is 0 Å². The highest BCUT2D eigenvalue weighted by molar-refractivity contribution is 5.38. The standard InChI is InChI=1S/C27H44O3.H2O/c1-17(2)25(29)13-8-18(3)23-11-12-24-20(7-6-14-27(23,24)5)9-10-21-15-22(28)16-26(30)19(21)4;/h9-10,17-18,22-26,28-30H,4,6-8,11-16H2,1-3,5H3;1H2/b20-9+,21-10+;/t18-,22-,23?,24?,25-,26+,27-;/m1./s1. The Bertz CT molecular complexity index is 679. The van der Waals surface area contributed by atoms with Crippen LogP contribution in [0, 0.1) is 29.1 Å². The van der Waals surface area contributed by atoms with E-state index >= 15 is 0 Å². The summed E-state index contributed by atoms with van der Waals surface area (Å²) in [6.07, 6.45) is 12.4. The molecule has 0 radical (unpaired) electrons. The van der Waals surface area contributed by atoms with Crippen LogP contribution >= 0.6 is 0 Å². The van der Waals surface area contributed by atoms with Gasteiger partial charge in [0, 0.05) is 6.42 Å². The third-order valence-electron chi connectivity index (χ3n) is 8.68. The van der Waals surface area contributed by atoms with Crippen LogP contribution in [0.15, 0.2) is 35.5 Å². The molecule has 0 aliphatic heterocycles. The number of fused-ring (bicyclic) bond motifs is 1. The number of hydrogen-bond donors (Lipinski definition) is 3. The normalized spacial score (nSPS) is 38.3. The van der Waals surface area contributed by atoms with Gasteiger partial charge in [-0.05, 0) is 91.6 Å². The lowest BCUT2D eigenvalue weighted by atomic mass is 9.60. The second-order valence-corrected chi connectivity index (χ2v) is 11.0. The molecule has 7 atom stereocenters. The van der Waals surface area contributed by atoms with E-state index in [9.17, 15) is 15.3 Å². The molecule has 0 spiro atoms. The Hall–Kier alpha value is -0.940. The van der Waals surface area contributed by atoms with Gasteiger partial charge in [-0.2, -0.15) is 0 Å². The van der Waals surface area contributed by atoms with Crippen molar-refractivity contribution in [2.75, 3.05) is 0 Å². The summed E-state index contributed by atoms with van der Waals surface area (Å²) in [6.45, 7) is 13.2. The van der Waals surface area contributed by atoms with Gasteiger partial charge in [0.15, 0.2) is 0 Å². The van der Waals surface area contributed by atoms with Gasteiger partial charge < -0.3 is 20.8 Å². The van der Waals surface area contributed by atoms with Gasteiger partial charge in [0.1, 0.15) is 0 Å². The van der Waals surface area contributed by atoms with Crippen molar-refractivity contribution in [2.45, 2.75) is 104 Å². The predicted molar refractivity (Wildman–Crippen MR) is 128 cm³/mol. The molecule has 0 amide bonds. The van der Waals surface area contributed by atoms with Crippen LogP contribution in [-0.2, 0) is 0 Å². The summed E-state index contributed by atoms with van der Waals surface area (Å²) in [5.41, 5.74) is 3.69. The van der Waals surface area contributed by atoms with Crippen LogP contribution in [-0.4, -0.2) is 39.1 Å². The molecule has 3 aliphatic rings. The molecule has 0 aromatic rings. The van der Waals surface area contributed by atoms with E-state index in [2.05, 4.69) is 46.4 Å². The van der Waals surface area contributed by atoms with E-state index in [1.165, 1.54) is 25.7 Å². The summed E-state index contributed by atoms with van der Waals surface area (Å²) < 4.78 is 0. The number of rotatable bonds is 6. The molecular weight excluding hydrogens is 388 g/mol. The summed E-state index contributed by atoms with van der Waals surface area (Å²) >= 11 is 0. The van der Waals surface area contributed by atoms with Crippen LogP contribution < -0.4 is 0 Å². The van der Waals surface area contributed by atoms with Gasteiger partial charge in [-0.15, -0.1) is 0 Å². The smallest absolute Gasteiger partial charge is 0.0811 e. The maximum atomic E-state index is 10.3. The quantitative estimate of drug-likeness (QED) is 0.564. The van der Waals surface area contributed by atoms with Crippen LogP contribution in [0.1, 0.15) is 85.5 Å². The zero-order chi connectivity index (χ0) is 22.1. The minimum atomic E-state index is -0.618. The molecule has 0 saturated heterocycles. The maximum absolute atomic E-state index is 10.3. The Labute approximate surface area is 189 Å². The van der Waals surface area contributed by atoms with Gasteiger partial charge in [-0.25, -0.2) is 0 Å². The van der Waals surface area contributed by atoms with Crippen molar-refractivity contribution in [1.29, 1.82) is 0 Å². The van der Waals surface area contributed by atoms with E-state index in [0.29, 0.717) is 36.0 Å². The first-order valence-corrected chi connectivity index (χ1v) is 12.3. The van der Waals surface area contributed by atoms with Gasteiger partial charge in [0.05, 0.1) is 18.3 Å². The Kier molecular flexibility index (Phi) is 9.15. The highest BCUT2D eigenvalue weighted by Gasteiger charge is 2.50. The van der Waals surface area contributed by atoms with Gasteiger partial charge in [0.25, 0.3) is 0 Å². The van der Waals surface area contributed by atoms with Crippen LogP contribution in [0.25, 0.3) is 0 Å². The van der Waals surface area contributed by atoms with Gasteiger partial charge >= 0.3 is 0 Å². The Morgan fingerprint density at radius 2 is 1.84 bits per heavy atom. The number of hydrogen-bond acceptors (Lipinski definition) is 3. The first kappa shape index (κ1) is 26.3. The molecule has 3 fully saturated rings. The lowest BCUT2D eigenvalue weighted by Crippen LogP contribution is -2.36. The number of aliphatic hydroxyl groups excluding tert-OH is 3. The third kappa shape index (κ3) is 5.71. The molecule has 3 saturated carbocycles. The van der Waals surface area contributed by atoms with Gasteiger partial charge in [0.2, 0.25) is 0 Å². The summed E-state index contributed by atoms with van der Waals surface area (Å²) in [6, 6.07) is 0. The lowest BCUT2D eigenvalue weighted by molar-refractivity contribution is 0.0717. The first-order chi connectivity index (χ1) is 14.1. The summed E-state index contributed by atoms with van der Waals surface area (Å²) in [5, 5.41) is 30.4. The zero-order valence-corrected chi connectivity index (χ0v) is 20.1. The van der Waals surface area contributed by atoms with Crippen molar-refractivity contribution in [1.82, 2.24) is 0 Å². The molecule has 0 aromatic carbocycles. The third-order valence-corrected chi connectivity index (χ3v) is 8.68. The van der Waals surface area contributed by atoms with E-state index in [-0.39, 0.29) is 11.6 Å². The molecular formula is C27H46O4. The average Bonchev–Trinajstić information content (AvgIpc) is 3.04. The SMILES string of the molecule is C=C1/C(=C/C=C2\CCC[C@@]3(C)C2CCC3[C@H](C)CC[C@@H](O)C(C)C)C[C@@H](O)C[C@@H]1O.O. The zero-order valence-electron chi connectivity index (χ0n) is 20.1. The predicted octanol–water partition coefficient (Wildman–Crippen LogP) is 4.74. The first-order valence-electron chi connectivity index (χ1n) is 12.3. The number of aliphatic hydroxyl groups is 3. The Balaban J connectivity index is 0.00000341. The lowest BCUT2D eigenvalue weighted by Gasteiger charge is -2.44. The van der Waals surface area contributed by atoms with Crippen molar-refractivity contribution < 1.29 is 20.8 Å². The molecule has 3 aliphatic carbocycles. The highest BCUT2D eigenvalue weighted by atomic mass is 16.3. The van der Waals surface area contributed by atoms with Crippen molar-refractivity contribution in [3.63, 3.8) is 0 Å². The molecule has 31 heavy (non-hydrogen) atoms.